The third kappa shape index (κ3) is 2.47. The SMILES string of the molecule is CN(C)CNC(=O)N1C(=O)Cc2cc(Cl)ccc21. The second kappa shape index (κ2) is 4.96. The second-order valence-electron chi connectivity index (χ2n) is 4.40. The summed E-state index contributed by atoms with van der Waals surface area (Å²) in [5, 5.41) is 3.24. The molecule has 0 atom stereocenters. The Bertz CT molecular complexity index is 502. The van der Waals surface area contributed by atoms with E-state index in [-0.39, 0.29) is 12.3 Å². The number of carbonyl (C=O) groups is 2. The maximum atomic E-state index is 11.9. The van der Waals surface area contributed by atoms with Crippen LogP contribution in [-0.4, -0.2) is 37.6 Å². The Labute approximate surface area is 110 Å². The van der Waals surface area contributed by atoms with Gasteiger partial charge in [-0.1, -0.05) is 11.6 Å². The van der Waals surface area contributed by atoms with Gasteiger partial charge >= 0.3 is 6.03 Å². The number of rotatable bonds is 2. The van der Waals surface area contributed by atoms with E-state index in [4.69, 9.17) is 11.6 Å². The lowest BCUT2D eigenvalue weighted by Crippen LogP contribution is -2.45. The van der Waals surface area contributed by atoms with Crippen LogP contribution < -0.4 is 10.2 Å². The Balaban J connectivity index is 2.20. The minimum absolute atomic E-state index is 0.214. The number of carbonyl (C=O) groups excluding carboxylic acids is 2. The number of nitrogens with one attached hydrogen (secondary N) is 1. The summed E-state index contributed by atoms with van der Waals surface area (Å²) in [7, 11) is 3.67. The molecule has 0 bridgehead atoms. The van der Waals surface area contributed by atoms with Gasteiger partial charge in [0.1, 0.15) is 0 Å². The van der Waals surface area contributed by atoms with Crippen molar-refractivity contribution in [3.8, 4) is 0 Å². The van der Waals surface area contributed by atoms with Gasteiger partial charge in [-0.2, -0.15) is 0 Å². The Kier molecular flexibility index (Phi) is 3.54. The van der Waals surface area contributed by atoms with Crippen LogP contribution in [0.5, 0.6) is 0 Å². The second-order valence-corrected chi connectivity index (χ2v) is 4.84. The Morgan fingerprint density at radius 3 is 2.89 bits per heavy atom. The van der Waals surface area contributed by atoms with Crippen LogP contribution in [-0.2, 0) is 11.2 Å². The topological polar surface area (TPSA) is 52.7 Å². The molecule has 1 aliphatic heterocycles. The van der Waals surface area contributed by atoms with E-state index in [0.29, 0.717) is 17.4 Å². The fraction of sp³-hybridized carbons (Fsp3) is 0.333. The molecule has 0 radical (unpaired) electrons. The average molecular weight is 268 g/mol. The molecule has 2 rings (SSSR count). The largest absolute Gasteiger partial charge is 0.329 e. The van der Waals surface area contributed by atoms with E-state index in [0.717, 1.165) is 10.5 Å². The molecule has 1 heterocycles. The molecular formula is C12H14ClN3O2. The van der Waals surface area contributed by atoms with Crippen molar-refractivity contribution >= 4 is 29.2 Å². The average Bonchev–Trinajstić information content (AvgIpc) is 2.61. The zero-order chi connectivity index (χ0) is 13.3. The van der Waals surface area contributed by atoms with Crippen LogP contribution in [0.25, 0.3) is 0 Å². The summed E-state index contributed by atoms with van der Waals surface area (Å²) in [4.78, 5) is 26.7. The van der Waals surface area contributed by atoms with E-state index < -0.39 is 6.03 Å². The summed E-state index contributed by atoms with van der Waals surface area (Å²) in [6, 6.07) is 4.67. The van der Waals surface area contributed by atoms with Gasteiger partial charge in [-0.25, -0.2) is 9.69 Å². The first kappa shape index (κ1) is 12.9. The van der Waals surface area contributed by atoms with Crippen molar-refractivity contribution in [2.45, 2.75) is 6.42 Å². The Morgan fingerprint density at radius 2 is 2.22 bits per heavy atom. The van der Waals surface area contributed by atoms with Crippen molar-refractivity contribution in [3.63, 3.8) is 0 Å². The molecule has 0 saturated carbocycles. The van der Waals surface area contributed by atoms with Gasteiger partial charge < -0.3 is 5.32 Å². The summed E-state index contributed by atoms with van der Waals surface area (Å²) in [5.41, 5.74) is 1.40. The van der Waals surface area contributed by atoms with Crippen molar-refractivity contribution in [1.82, 2.24) is 10.2 Å². The Hall–Kier alpha value is -1.59. The maximum absolute atomic E-state index is 11.9. The van der Waals surface area contributed by atoms with Crippen LogP contribution in [0.3, 0.4) is 0 Å². The molecule has 1 N–H and O–H groups in total. The van der Waals surface area contributed by atoms with E-state index in [2.05, 4.69) is 5.32 Å². The molecule has 0 aromatic heterocycles. The minimum Gasteiger partial charge on any atom is -0.325 e. The van der Waals surface area contributed by atoms with Gasteiger partial charge in [0.05, 0.1) is 18.8 Å². The fourth-order valence-corrected chi connectivity index (χ4v) is 2.01. The number of nitrogens with zero attached hydrogens (tertiary/aromatic N) is 2. The molecule has 0 spiro atoms. The van der Waals surface area contributed by atoms with Gasteiger partial charge in [-0.3, -0.25) is 9.69 Å². The van der Waals surface area contributed by atoms with E-state index in [1.807, 2.05) is 14.1 Å². The van der Waals surface area contributed by atoms with Crippen molar-refractivity contribution in [3.05, 3.63) is 28.8 Å². The lowest BCUT2D eigenvalue weighted by molar-refractivity contribution is -0.116. The number of benzene rings is 1. The van der Waals surface area contributed by atoms with Crippen LogP contribution in [0.4, 0.5) is 10.5 Å². The van der Waals surface area contributed by atoms with Gasteiger partial charge in [-0.15, -0.1) is 0 Å². The normalized spacial score (nSPS) is 14.0. The molecular weight excluding hydrogens is 254 g/mol. The van der Waals surface area contributed by atoms with Gasteiger partial charge in [0, 0.05) is 5.02 Å². The number of imide groups is 1. The highest BCUT2D eigenvalue weighted by atomic mass is 35.5. The maximum Gasteiger partial charge on any atom is 0.329 e. The zero-order valence-electron chi connectivity index (χ0n) is 10.2. The van der Waals surface area contributed by atoms with E-state index in [9.17, 15) is 9.59 Å². The third-order valence-corrected chi connectivity index (χ3v) is 2.86. The van der Waals surface area contributed by atoms with Crippen LogP contribution in [0.2, 0.25) is 5.02 Å². The fourth-order valence-electron chi connectivity index (χ4n) is 1.82. The van der Waals surface area contributed by atoms with Crippen LogP contribution >= 0.6 is 11.6 Å². The van der Waals surface area contributed by atoms with E-state index in [1.54, 1.807) is 23.1 Å². The monoisotopic (exact) mass is 267 g/mol. The third-order valence-electron chi connectivity index (χ3n) is 2.62. The first-order chi connectivity index (χ1) is 8.49. The number of hydrogen-bond donors (Lipinski definition) is 1. The molecule has 3 amide bonds. The van der Waals surface area contributed by atoms with Crippen LogP contribution in [0.15, 0.2) is 18.2 Å². The number of hydrogen-bond acceptors (Lipinski definition) is 3. The lowest BCUT2D eigenvalue weighted by atomic mass is 10.2. The van der Waals surface area contributed by atoms with E-state index in [1.165, 1.54) is 0 Å². The molecule has 1 aromatic rings. The first-order valence-electron chi connectivity index (χ1n) is 5.53. The predicted octanol–water partition coefficient (Wildman–Crippen LogP) is 1.46. The van der Waals surface area contributed by atoms with E-state index >= 15 is 0 Å². The minimum atomic E-state index is -0.408. The van der Waals surface area contributed by atoms with Crippen molar-refractivity contribution in [1.29, 1.82) is 0 Å². The molecule has 0 unspecified atom stereocenters. The van der Waals surface area contributed by atoms with Gasteiger partial charge in [0.2, 0.25) is 5.91 Å². The molecule has 0 aliphatic carbocycles. The summed E-state index contributed by atoms with van der Waals surface area (Å²) in [6.45, 7) is 0.380. The van der Waals surface area contributed by atoms with Gasteiger partial charge in [0.15, 0.2) is 0 Å². The zero-order valence-corrected chi connectivity index (χ0v) is 11.0. The molecule has 1 aromatic carbocycles. The summed E-state index contributed by atoms with van der Waals surface area (Å²) in [5.74, 6) is -0.233. The molecule has 96 valence electrons. The molecule has 0 saturated heterocycles. The molecule has 5 nitrogen and oxygen atoms in total. The van der Waals surface area contributed by atoms with Crippen LogP contribution in [0.1, 0.15) is 5.56 Å². The quantitative estimate of drug-likeness (QED) is 0.826. The highest BCUT2D eigenvalue weighted by molar-refractivity contribution is 6.31. The molecule has 18 heavy (non-hydrogen) atoms. The number of amides is 3. The lowest BCUT2D eigenvalue weighted by Gasteiger charge is -2.18. The number of anilines is 1. The summed E-state index contributed by atoms with van der Waals surface area (Å²) < 4.78 is 0. The van der Waals surface area contributed by atoms with Crippen LogP contribution in [0, 0.1) is 0 Å². The molecule has 0 fully saturated rings. The summed E-state index contributed by atoms with van der Waals surface area (Å²) >= 11 is 5.86. The smallest absolute Gasteiger partial charge is 0.325 e. The number of urea groups is 1. The molecule has 1 aliphatic rings. The first-order valence-corrected chi connectivity index (χ1v) is 5.91. The van der Waals surface area contributed by atoms with Crippen molar-refractivity contribution in [2.24, 2.45) is 0 Å². The van der Waals surface area contributed by atoms with Crippen molar-refractivity contribution in [2.75, 3.05) is 25.7 Å². The van der Waals surface area contributed by atoms with Gasteiger partial charge in [0.25, 0.3) is 0 Å². The molecule has 6 heteroatoms. The Morgan fingerprint density at radius 1 is 1.50 bits per heavy atom. The summed E-state index contributed by atoms with van der Waals surface area (Å²) in [6.07, 6.45) is 0.214. The standard InChI is InChI=1S/C12H14ClN3O2/c1-15(2)7-14-12(18)16-10-4-3-9(13)5-8(10)6-11(16)17/h3-5H,6-7H2,1-2H3,(H,14,18). The van der Waals surface area contributed by atoms with Crippen molar-refractivity contribution < 1.29 is 9.59 Å². The highest BCUT2D eigenvalue weighted by Gasteiger charge is 2.32. The number of fused-ring (bicyclic) bond motifs is 1. The number of halogens is 1. The predicted molar refractivity (Wildman–Crippen MR) is 69.7 cm³/mol. The van der Waals surface area contributed by atoms with Gasteiger partial charge in [-0.05, 0) is 37.9 Å². The highest BCUT2D eigenvalue weighted by Crippen LogP contribution is 2.31.